The molecule has 1 unspecified atom stereocenters. The first-order valence-electron chi connectivity index (χ1n) is 2.07. The van der Waals surface area contributed by atoms with Crippen LogP contribution in [0.2, 0.25) is 0 Å². The van der Waals surface area contributed by atoms with Gasteiger partial charge in [-0.3, -0.25) is 5.43 Å². The number of nitrogens with two attached hydrogens (primary N) is 1. The van der Waals surface area contributed by atoms with Crippen LogP contribution in [-0.2, 0) is 0 Å². The molecule has 0 bridgehead atoms. The van der Waals surface area contributed by atoms with Crippen molar-refractivity contribution < 1.29 is 0 Å². The van der Waals surface area contributed by atoms with Crippen molar-refractivity contribution in [2.75, 3.05) is 0 Å². The molecule has 6 heavy (non-hydrogen) atoms. The summed E-state index contributed by atoms with van der Waals surface area (Å²) in [5.74, 6) is 0. The summed E-state index contributed by atoms with van der Waals surface area (Å²) in [6, 6.07) is 0.449. The van der Waals surface area contributed by atoms with Gasteiger partial charge in [-0.15, -0.1) is 0 Å². The van der Waals surface area contributed by atoms with Crippen LogP contribution in [0.15, 0.2) is 0 Å². The second-order valence-corrected chi connectivity index (χ2v) is 1.60. The maximum Gasteiger partial charge on any atom is 0.0845 e. The van der Waals surface area contributed by atoms with Gasteiger partial charge in [0.1, 0.15) is 0 Å². The fourth-order valence-corrected chi connectivity index (χ4v) is 0.346. The molecular formula is C3H9N3. The van der Waals surface area contributed by atoms with Gasteiger partial charge in [0.15, 0.2) is 0 Å². The first kappa shape index (κ1) is 4.05. The maximum atomic E-state index is 5.35. The number of hydrazine groups is 1. The van der Waals surface area contributed by atoms with Gasteiger partial charge in [-0.1, -0.05) is 0 Å². The molecule has 36 valence electrons. The Labute approximate surface area is 36.9 Å². The highest BCUT2D eigenvalue weighted by Gasteiger charge is 2.19. The standard InChI is InChI=1S/C3H9N3/c1-2-3(4)6-5-2/h2-3,5-6H,4H2,1H3/t2-,3?/m1/s1. The Balaban J connectivity index is 2.20. The van der Waals surface area contributed by atoms with Gasteiger partial charge in [0.25, 0.3) is 0 Å². The van der Waals surface area contributed by atoms with E-state index >= 15 is 0 Å². The smallest absolute Gasteiger partial charge is 0.0845 e. The molecule has 1 aliphatic heterocycles. The summed E-state index contributed by atoms with van der Waals surface area (Å²) in [5.41, 5.74) is 11.0. The lowest BCUT2D eigenvalue weighted by molar-refractivity contribution is 0.220. The molecule has 0 spiro atoms. The van der Waals surface area contributed by atoms with Crippen LogP contribution in [-0.4, -0.2) is 12.2 Å². The van der Waals surface area contributed by atoms with Gasteiger partial charge in [-0.05, 0) is 6.92 Å². The monoisotopic (exact) mass is 87.1 g/mol. The van der Waals surface area contributed by atoms with Gasteiger partial charge in [0, 0.05) is 6.04 Å². The van der Waals surface area contributed by atoms with Crippen molar-refractivity contribution in [2.24, 2.45) is 5.73 Å². The SMILES string of the molecule is C[C@H]1NNC1N. The predicted octanol–water partition coefficient (Wildman–Crippen LogP) is -1.23. The van der Waals surface area contributed by atoms with Crippen LogP contribution in [0, 0.1) is 0 Å². The Morgan fingerprint density at radius 2 is 2.00 bits per heavy atom. The van der Waals surface area contributed by atoms with E-state index in [0.717, 1.165) is 0 Å². The van der Waals surface area contributed by atoms with Gasteiger partial charge >= 0.3 is 0 Å². The van der Waals surface area contributed by atoms with Crippen molar-refractivity contribution in [3.05, 3.63) is 0 Å². The third kappa shape index (κ3) is 0.408. The fraction of sp³-hybridized carbons (Fsp3) is 1.00. The molecule has 0 amide bonds. The molecule has 1 aliphatic rings. The van der Waals surface area contributed by atoms with E-state index in [1.807, 2.05) is 6.92 Å². The van der Waals surface area contributed by atoms with Crippen LogP contribution in [0.25, 0.3) is 0 Å². The molecule has 1 saturated heterocycles. The van der Waals surface area contributed by atoms with Crippen LogP contribution in [0.1, 0.15) is 6.92 Å². The van der Waals surface area contributed by atoms with E-state index in [1.165, 1.54) is 0 Å². The van der Waals surface area contributed by atoms with Gasteiger partial charge in [-0.2, -0.15) is 0 Å². The predicted molar refractivity (Wildman–Crippen MR) is 23.7 cm³/mol. The van der Waals surface area contributed by atoms with Crippen LogP contribution in [0.5, 0.6) is 0 Å². The van der Waals surface area contributed by atoms with Crippen LogP contribution in [0.3, 0.4) is 0 Å². The van der Waals surface area contributed by atoms with Crippen molar-refractivity contribution in [1.29, 1.82) is 0 Å². The van der Waals surface area contributed by atoms with E-state index in [4.69, 9.17) is 5.73 Å². The molecule has 0 aromatic rings. The number of hydrogen-bond acceptors (Lipinski definition) is 3. The molecule has 0 radical (unpaired) electrons. The molecular weight excluding hydrogens is 78.1 g/mol. The Bertz CT molecular complexity index is 46.0. The lowest BCUT2D eigenvalue weighted by atomic mass is 10.2. The second kappa shape index (κ2) is 1.18. The molecule has 0 saturated carbocycles. The quantitative estimate of drug-likeness (QED) is 0.346. The first-order chi connectivity index (χ1) is 2.80. The maximum absolute atomic E-state index is 5.35. The normalized spacial score (nSPS) is 45.0. The van der Waals surface area contributed by atoms with E-state index in [1.54, 1.807) is 0 Å². The number of rotatable bonds is 0. The average Bonchev–Trinajstić information content (AvgIpc) is 1.61. The Morgan fingerprint density at radius 1 is 1.50 bits per heavy atom. The van der Waals surface area contributed by atoms with Crippen molar-refractivity contribution in [3.8, 4) is 0 Å². The summed E-state index contributed by atoms with van der Waals surface area (Å²) < 4.78 is 0. The molecule has 3 heteroatoms. The Hall–Kier alpha value is -0.120. The van der Waals surface area contributed by atoms with Gasteiger partial charge in [0.05, 0.1) is 6.17 Å². The van der Waals surface area contributed by atoms with Gasteiger partial charge in [0.2, 0.25) is 0 Å². The average molecular weight is 87.1 g/mol. The number of hydrogen-bond donors (Lipinski definition) is 3. The minimum Gasteiger partial charge on any atom is -0.314 e. The zero-order chi connectivity index (χ0) is 4.57. The van der Waals surface area contributed by atoms with Crippen LogP contribution >= 0.6 is 0 Å². The van der Waals surface area contributed by atoms with Crippen molar-refractivity contribution in [3.63, 3.8) is 0 Å². The first-order valence-corrected chi connectivity index (χ1v) is 2.07. The summed E-state index contributed by atoms with van der Waals surface area (Å²) >= 11 is 0. The zero-order valence-electron chi connectivity index (χ0n) is 3.73. The van der Waals surface area contributed by atoms with Crippen LogP contribution < -0.4 is 16.6 Å². The third-order valence-electron chi connectivity index (χ3n) is 1.02. The topological polar surface area (TPSA) is 50.1 Å². The molecule has 1 rings (SSSR count). The Kier molecular flexibility index (Phi) is 0.799. The van der Waals surface area contributed by atoms with E-state index in [9.17, 15) is 0 Å². The molecule has 3 nitrogen and oxygen atoms in total. The van der Waals surface area contributed by atoms with Crippen molar-refractivity contribution >= 4 is 0 Å². The minimum absolute atomic E-state index is 0.171. The van der Waals surface area contributed by atoms with Crippen molar-refractivity contribution in [2.45, 2.75) is 19.1 Å². The fourth-order valence-electron chi connectivity index (χ4n) is 0.346. The molecule has 0 aromatic carbocycles. The van der Waals surface area contributed by atoms with Gasteiger partial charge < -0.3 is 5.73 Å². The van der Waals surface area contributed by atoms with E-state index in [2.05, 4.69) is 10.9 Å². The summed E-state index contributed by atoms with van der Waals surface area (Å²) in [6.45, 7) is 2.03. The molecule has 0 aromatic heterocycles. The zero-order valence-corrected chi connectivity index (χ0v) is 3.73. The van der Waals surface area contributed by atoms with E-state index in [-0.39, 0.29) is 6.17 Å². The van der Waals surface area contributed by atoms with E-state index < -0.39 is 0 Å². The lowest BCUT2D eigenvalue weighted by Gasteiger charge is -2.32. The number of nitrogens with one attached hydrogen (secondary N) is 2. The lowest BCUT2D eigenvalue weighted by Crippen LogP contribution is -2.70. The summed E-state index contributed by atoms with van der Waals surface area (Å²) in [6.07, 6.45) is 0.171. The molecule has 1 fully saturated rings. The largest absolute Gasteiger partial charge is 0.314 e. The highest BCUT2D eigenvalue weighted by Crippen LogP contribution is 1.89. The molecule has 4 N–H and O–H groups in total. The molecule has 1 heterocycles. The van der Waals surface area contributed by atoms with Crippen molar-refractivity contribution in [1.82, 2.24) is 10.9 Å². The Morgan fingerprint density at radius 3 is 2.00 bits per heavy atom. The molecule has 0 aliphatic carbocycles. The summed E-state index contributed by atoms with van der Waals surface area (Å²) in [7, 11) is 0. The second-order valence-electron chi connectivity index (χ2n) is 1.60. The minimum atomic E-state index is 0.171. The highest BCUT2D eigenvalue weighted by atomic mass is 15.5. The van der Waals surface area contributed by atoms with Gasteiger partial charge in [-0.25, -0.2) is 5.43 Å². The third-order valence-corrected chi connectivity index (χ3v) is 1.02. The van der Waals surface area contributed by atoms with Crippen LogP contribution in [0.4, 0.5) is 0 Å². The molecule has 2 atom stereocenters. The highest BCUT2D eigenvalue weighted by molar-refractivity contribution is 4.78. The summed E-state index contributed by atoms with van der Waals surface area (Å²) in [5, 5.41) is 0. The van der Waals surface area contributed by atoms with E-state index in [0.29, 0.717) is 6.04 Å². The summed E-state index contributed by atoms with van der Waals surface area (Å²) in [4.78, 5) is 0.